The molecule has 5 rings (SSSR count). The molecule has 1 aromatic carbocycles. The summed E-state index contributed by atoms with van der Waals surface area (Å²) in [4.78, 5) is 4.68. The van der Waals surface area contributed by atoms with E-state index in [1.54, 1.807) is 31.4 Å². The molecular formula is C23H31F3N4O4S. The van der Waals surface area contributed by atoms with Gasteiger partial charge in [0.1, 0.15) is 5.60 Å². The molecule has 2 aliphatic heterocycles. The molecule has 2 N–H and O–H groups in total. The lowest BCUT2D eigenvalue weighted by Crippen LogP contribution is -2.54. The lowest BCUT2D eigenvalue weighted by molar-refractivity contribution is -0.127. The fourth-order valence-corrected chi connectivity index (χ4v) is 6.30. The van der Waals surface area contributed by atoms with Crippen molar-refractivity contribution >= 4 is 10.6 Å². The summed E-state index contributed by atoms with van der Waals surface area (Å²) in [7, 11) is -0.886. The van der Waals surface area contributed by atoms with Gasteiger partial charge in [-0.05, 0) is 36.3 Å². The summed E-state index contributed by atoms with van der Waals surface area (Å²) >= 11 is 0. The Hall–Kier alpha value is -1.70. The van der Waals surface area contributed by atoms with E-state index >= 15 is 0 Å². The maximum atomic E-state index is 12.8. The van der Waals surface area contributed by atoms with Crippen LogP contribution in [0.1, 0.15) is 53.9 Å². The number of nitrogens with zero attached hydrogens (tertiary/aromatic N) is 4. The van der Waals surface area contributed by atoms with Crippen molar-refractivity contribution in [1.29, 1.82) is 0 Å². The first kappa shape index (κ1) is 25.0. The molecule has 12 heteroatoms. The van der Waals surface area contributed by atoms with Crippen molar-refractivity contribution in [1.82, 2.24) is 20.2 Å². The Balaban J connectivity index is 1.37. The van der Waals surface area contributed by atoms with Crippen LogP contribution in [0.25, 0.3) is 0 Å². The number of methoxy groups -OCH3 is 1. The largest absolute Gasteiger partial charge is 0.393 e. The van der Waals surface area contributed by atoms with Gasteiger partial charge in [-0.3, -0.25) is 9.11 Å². The molecule has 0 radical (unpaired) electrons. The third kappa shape index (κ3) is 5.67. The van der Waals surface area contributed by atoms with Gasteiger partial charge in [-0.15, -0.1) is 0 Å². The number of hydrazine groups is 1. The zero-order chi connectivity index (χ0) is 24.8. The van der Waals surface area contributed by atoms with Crippen LogP contribution in [0.2, 0.25) is 0 Å². The van der Waals surface area contributed by atoms with E-state index in [0.29, 0.717) is 49.4 Å². The van der Waals surface area contributed by atoms with Gasteiger partial charge >= 0.3 is 6.18 Å². The summed E-state index contributed by atoms with van der Waals surface area (Å²) in [5.74, 6) is 1.72. The molecule has 1 aliphatic carbocycles. The molecule has 2 aromatic rings. The van der Waals surface area contributed by atoms with Gasteiger partial charge in [0, 0.05) is 33.3 Å². The Morgan fingerprint density at radius 3 is 2.34 bits per heavy atom. The van der Waals surface area contributed by atoms with E-state index < -0.39 is 28.8 Å². The lowest BCUT2D eigenvalue weighted by atomic mass is 9.84. The Bertz CT molecular complexity index is 1020. The monoisotopic (exact) mass is 516 g/mol. The van der Waals surface area contributed by atoms with Crippen LogP contribution in [0.15, 0.2) is 28.8 Å². The minimum Gasteiger partial charge on any atom is -0.370 e. The first-order valence-corrected chi connectivity index (χ1v) is 13.7. The summed E-state index contributed by atoms with van der Waals surface area (Å²) in [5, 5.41) is 8.53. The van der Waals surface area contributed by atoms with Crippen LogP contribution >= 0.6 is 10.6 Å². The van der Waals surface area contributed by atoms with Gasteiger partial charge in [0.05, 0.1) is 23.8 Å². The highest BCUT2D eigenvalue weighted by molar-refractivity contribution is 8.24. The molecule has 8 nitrogen and oxygen atoms in total. The summed E-state index contributed by atoms with van der Waals surface area (Å²) in [6.07, 6.45) is -2.76. The molecule has 194 valence electrons. The highest BCUT2D eigenvalue weighted by Gasteiger charge is 2.49. The maximum absolute atomic E-state index is 12.8. The molecule has 0 bridgehead atoms. The number of alkyl halides is 3. The second kappa shape index (κ2) is 9.31. The first-order valence-electron chi connectivity index (χ1n) is 11.8. The standard InChI is InChI=1S/C23H31F3N4O4S/c1-33-22(6-7-22)21-27-20(34-28-21)19-12-18(17-4-2-16(3-5-17)13-23(24,25)26)14-30(15-19)29-8-10-35(31,32)11-9-29/h2-5,18-19,31-32H,6-15H2,1H3. The smallest absolute Gasteiger partial charge is 0.370 e. The predicted molar refractivity (Wildman–Crippen MR) is 124 cm³/mol. The highest BCUT2D eigenvalue weighted by Crippen LogP contribution is 2.48. The average Bonchev–Trinajstić information content (AvgIpc) is 3.45. The molecule has 3 aliphatic rings. The predicted octanol–water partition coefficient (Wildman–Crippen LogP) is 4.36. The second-order valence-corrected chi connectivity index (χ2v) is 12.3. The van der Waals surface area contributed by atoms with Gasteiger partial charge in [-0.2, -0.15) is 28.7 Å². The van der Waals surface area contributed by atoms with E-state index in [-0.39, 0.29) is 17.4 Å². The third-order valence-corrected chi connectivity index (χ3v) is 9.01. The van der Waals surface area contributed by atoms with Gasteiger partial charge in [-0.1, -0.05) is 29.4 Å². The SMILES string of the molecule is COC1(c2noc(C3CC(c4ccc(CC(F)(F)F)cc4)CN(N4CCS(O)(O)CC4)C3)n2)CC1. The van der Waals surface area contributed by atoms with Crippen molar-refractivity contribution in [2.45, 2.75) is 49.3 Å². The number of halogens is 3. The van der Waals surface area contributed by atoms with Crippen LogP contribution in [0, 0.1) is 0 Å². The molecular weight excluding hydrogens is 485 g/mol. The van der Waals surface area contributed by atoms with E-state index in [1.807, 2.05) is 0 Å². The average molecular weight is 517 g/mol. The van der Waals surface area contributed by atoms with Crippen LogP contribution in [-0.2, 0) is 16.8 Å². The number of piperidine rings is 1. The van der Waals surface area contributed by atoms with E-state index in [9.17, 15) is 22.3 Å². The Labute approximate surface area is 203 Å². The third-order valence-electron chi connectivity index (χ3n) is 7.33. The number of ether oxygens (including phenoxy) is 1. The maximum Gasteiger partial charge on any atom is 0.393 e. The van der Waals surface area contributed by atoms with E-state index in [2.05, 4.69) is 20.2 Å². The quantitative estimate of drug-likeness (QED) is 0.585. The van der Waals surface area contributed by atoms with Gasteiger partial charge < -0.3 is 9.26 Å². The first-order chi connectivity index (χ1) is 16.6. The molecule has 3 fully saturated rings. The Morgan fingerprint density at radius 1 is 1.09 bits per heavy atom. The van der Waals surface area contributed by atoms with Crippen molar-refractivity contribution < 1.29 is 31.5 Å². The number of rotatable bonds is 6. The Morgan fingerprint density at radius 2 is 1.74 bits per heavy atom. The van der Waals surface area contributed by atoms with Crippen molar-refractivity contribution in [2.75, 3.05) is 44.8 Å². The van der Waals surface area contributed by atoms with Gasteiger partial charge in [0.2, 0.25) is 11.7 Å². The van der Waals surface area contributed by atoms with Crippen molar-refractivity contribution in [3.8, 4) is 0 Å². The lowest BCUT2D eigenvalue weighted by Gasteiger charge is -2.48. The number of hydrogen-bond acceptors (Lipinski definition) is 8. The topological polar surface area (TPSA) is 95.1 Å². The van der Waals surface area contributed by atoms with E-state index in [1.165, 1.54) is 0 Å². The molecule has 0 spiro atoms. The highest BCUT2D eigenvalue weighted by atomic mass is 32.3. The molecule has 1 saturated carbocycles. The minimum atomic E-state index is -4.24. The number of aromatic nitrogens is 2. The fourth-order valence-electron chi connectivity index (χ4n) is 5.08. The molecule has 3 heterocycles. The van der Waals surface area contributed by atoms with Crippen LogP contribution in [0.3, 0.4) is 0 Å². The molecule has 2 saturated heterocycles. The van der Waals surface area contributed by atoms with Crippen LogP contribution in [0.4, 0.5) is 13.2 Å². The summed E-state index contributed by atoms with van der Waals surface area (Å²) in [6, 6.07) is 6.66. The van der Waals surface area contributed by atoms with Gasteiger partial charge in [0.25, 0.3) is 0 Å². The molecule has 2 atom stereocenters. The normalized spacial score (nSPS) is 28.1. The van der Waals surface area contributed by atoms with Crippen LogP contribution in [0.5, 0.6) is 0 Å². The van der Waals surface area contributed by atoms with Gasteiger partial charge in [0.15, 0.2) is 0 Å². The van der Waals surface area contributed by atoms with Crippen molar-refractivity contribution in [3.05, 3.63) is 47.1 Å². The fraction of sp³-hybridized carbons (Fsp3) is 0.652. The Kier molecular flexibility index (Phi) is 6.64. The van der Waals surface area contributed by atoms with Crippen molar-refractivity contribution in [2.24, 2.45) is 0 Å². The molecule has 1 aromatic heterocycles. The van der Waals surface area contributed by atoms with E-state index in [0.717, 1.165) is 24.8 Å². The summed E-state index contributed by atoms with van der Waals surface area (Å²) in [6.45, 7) is 2.39. The van der Waals surface area contributed by atoms with Gasteiger partial charge in [-0.25, -0.2) is 10.0 Å². The number of benzene rings is 1. The zero-order valence-electron chi connectivity index (χ0n) is 19.6. The zero-order valence-corrected chi connectivity index (χ0v) is 20.4. The summed E-state index contributed by atoms with van der Waals surface area (Å²) in [5.41, 5.74) is 0.746. The van der Waals surface area contributed by atoms with Crippen LogP contribution in [-0.4, -0.2) is 80.2 Å². The van der Waals surface area contributed by atoms with E-state index in [4.69, 9.17) is 9.26 Å². The number of hydrogen-bond donors (Lipinski definition) is 2. The summed E-state index contributed by atoms with van der Waals surface area (Å²) < 4.78 is 69.7. The second-order valence-electron chi connectivity index (χ2n) is 9.85. The molecule has 0 amide bonds. The molecule has 35 heavy (non-hydrogen) atoms. The minimum absolute atomic E-state index is 0.0450. The van der Waals surface area contributed by atoms with Crippen LogP contribution < -0.4 is 0 Å². The van der Waals surface area contributed by atoms with Crippen molar-refractivity contribution in [3.63, 3.8) is 0 Å². The molecule has 2 unspecified atom stereocenters.